The van der Waals surface area contributed by atoms with E-state index in [-0.39, 0.29) is 0 Å². The highest BCUT2D eigenvalue weighted by molar-refractivity contribution is 5.84. The van der Waals surface area contributed by atoms with Crippen molar-refractivity contribution in [3.63, 3.8) is 0 Å². The lowest BCUT2D eigenvalue weighted by atomic mass is 10.0. The van der Waals surface area contributed by atoms with Crippen LogP contribution in [-0.4, -0.2) is 17.7 Å². The molecule has 2 aliphatic heterocycles. The SMILES string of the molecule is C1=CC2=C(CC1)N1C=COCC1=CN=C2. The van der Waals surface area contributed by atoms with Crippen LogP contribution in [0.5, 0.6) is 0 Å². The zero-order chi connectivity index (χ0) is 10.1. The molecule has 76 valence electrons. The van der Waals surface area contributed by atoms with Gasteiger partial charge in [-0.25, -0.2) is 0 Å². The zero-order valence-corrected chi connectivity index (χ0v) is 8.39. The summed E-state index contributed by atoms with van der Waals surface area (Å²) in [5, 5.41) is 0. The molecule has 3 heteroatoms. The summed E-state index contributed by atoms with van der Waals surface area (Å²) in [4.78, 5) is 6.48. The van der Waals surface area contributed by atoms with Gasteiger partial charge in [0.1, 0.15) is 12.9 Å². The van der Waals surface area contributed by atoms with Crippen molar-refractivity contribution >= 4 is 6.21 Å². The van der Waals surface area contributed by atoms with Crippen LogP contribution in [0.15, 0.2) is 52.8 Å². The molecule has 3 rings (SSSR count). The molecular formula is C12H12N2O. The van der Waals surface area contributed by atoms with Gasteiger partial charge in [-0.05, 0) is 12.8 Å². The molecule has 1 aliphatic carbocycles. The highest BCUT2D eigenvalue weighted by Gasteiger charge is 2.20. The third-order valence-electron chi connectivity index (χ3n) is 2.75. The van der Waals surface area contributed by atoms with E-state index in [4.69, 9.17) is 4.74 Å². The molecule has 15 heavy (non-hydrogen) atoms. The molecule has 0 aromatic heterocycles. The van der Waals surface area contributed by atoms with Crippen LogP contribution in [0.2, 0.25) is 0 Å². The second kappa shape index (κ2) is 3.42. The van der Waals surface area contributed by atoms with Crippen LogP contribution in [0.4, 0.5) is 0 Å². The lowest BCUT2D eigenvalue weighted by Gasteiger charge is -2.29. The van der Waals surface area contributed by atoms with Crippen molar-refractivity contribution in [2.45, 2.75) is 12.8 Å². The summed E-state index contributed by atoms with van der Waals surface area (Å²) in [6, 6.07) is 0. The topological polar surface area (TPSA) is 24.8 Å². The highest BCUT2D eigenvalue weighted by Crippen LogP contribution is 2.29. The van der Waals surface area contributed by atoms with E-state index >= 15 is 0 Å². The van der Waals surface area contributed by atoms with Crippen LogP contribution in [0, 0.1) is 0 Å². The van der Waals surface area contributed by atoms with E-state index in [0.717, 1.165) is 18.5 Å². The number of hydrogen-bond donors (Lipinski definition) is 0. The summed E-state index contributed by atoms with van der Waals surface area (Å²) in [6.07, 6.45) is 14.0. The predicted molar refractivity (Wildman–Crippen MR) is 58.9 cm³/mol. The number of hydrogen-bond acceptors (Lipinski definition) is 3. The van der Waals surface area contributed by atoms with Gasteiger partial charge in [-0.2, -0.15) is 0 Å². The molecule has 3 nitrogen and oxygen atoms in total. The van der Waals surface area contributed by atoms with E-state index in [9.17, 15) is 0 Å². The molecule has 0 amide bonds. The first-order valence-corrected chi connectivity index (χ1v) is 5.14. The maximum atomic E-state index is 5.27. The smallest absolute Gasteiger partial charge is 0.129 e. The van der Waals surface area contributed by atoms with Crippen molar-refractivity contribution in [1.29, 1.82) is 0 Å². The van der Waals surface area contributed by atoms with E-state index < -0.39 is 0 Å². The maximum Gasteiger partial charge on any atom is 0.129 e. The Labute approximate surface area is 88.7 Å². The Morgan fingerprint density at radius 2 is 2.40 bits per heavy atom. The predicted octanol–water partition coefficient (Wildman–Crippen LogP) is 2.32. The lowest BCUT2D eigenvalue weighted by Crippen LogP contribution is -2.23. The quantitative estimate of drug-likeness (QED) is 0.599. The van der Waals surface area contributed by atoms with Gasteiger partial charge in [0.15, 0.2) is 0 Å². The summed E-state index contributed by atoms with van der Waals surface area (Å²) in [6.45, 7) is 0.605. The van der Waals surface area contributed by atoms with Crippen molar-refractivity contribution in [2.75, 3.05) is 6.61 Å². The van der Waals surface area contributed by atoms with Crippen LogP contribution in [0.3, 0.4) is 0 Å². The lowest BCUT2D eigenvalue weighted by molar-refractivity contribution is 0.227. The number of ether oxygens (including phenoxy) is 1. The van der Waals surface area contributed by atoms with Gasteiger partial charge in [-0.3, -0.25) is 4.99 Å². The van der Waals surface area contributed by atoms with Crippen LogP contribution in [0.1, 0.15) is 12.8 Å². The van der Waals surface area contributed by atoms with Gasteiger partial charge < -0.3 is 9.64 Å². The van der Waals surface area contributed by atoms with E-state index in [0.29, 0.717) is 6.61 Å². The number of rotatable bonds is 0. The first-order valence-electron chi connectivity index (χ1n) is 5.14. The summed E-state index contributed by atoms with van der Waals surface area (Å²) in [5.41, 5.74) is 3.64. The van der Waals surface area contributed by atoms with Crippen LogP contribution in [-0.2, 0) is 4.74 Å². The highest BCUT2D eigenvalue weighted by atomic mass is 16.5. The third kappa shape index (κ3) is 1.40. The Morgan fingerprint density at radius 3 is 3.40 bits per heavy atom. The largest absolute Gasteiger partial charge is 0.493 e. The third-order valence-corrected chi connectivity index (χ3v) is 2.75. The molecule has 0 unspecified atom stereocenters. The molecule has 3 aliphatic rings. The summed E-state index contributed by atoms with van der Waals surface area (Å²) < 4.78 is 5.27. The zero-order valence-electron chi connectivity index (χ0n) is 8.39. The maximum absolute atomic E-state index is 5.27. The second-order valence-electron chi connectivity index (χ2n) is 3.71. The Bertz CT molecular complexity index is 427. The van der Waals surface area contributed by atoms with Gasteiger partial charge in [0.25, 0.3) is 0 Å². The Hall–Kier alpha value is -1.77. The average molecular weight is 200 g/mol. The molecule has 0 atom stereocenters. The van der Waals surface area contributed by atoms with Crippen molar-refractivity contribution < 1.29 is 4.74 Å². The second-order valence-corrected chi connectivity index (χ2v) is 3.71. The molecule has 0 saturated carbocycles. The molecule has 0 aromatic carbocycles. The first-order chi connectivity index (χ1) is 7.45. The Morgan fingerprint density at radius 1 is 1.40 bits per heavy atom. The van der Waals surface area contributed by atoms with Crippen LogP contribution >= 0.6 is 0 Å². The molecule has 0 spiro atoms. The van der Waals surface area contributed by atoms with Gasteiger partial charge >= 0.3 is 0 Å². The fourth-order valence-electron chi connectivity index (χ4n) is 2.02. The fourth-order valence-corrected chi connectivity index (χ4v) is 2.02. The molecule has 0 radical (unpaired) electrons. The molecule has 0 N–H and O–H groups in total. The van der Waals surface area contributed by atoms with Gasteiger partial charge in [0.2, 0.25) is 0 Å². The van der Waals surface area contributed by atoms with Crippen molar-refractivity contribution in [3.05, 3.63) is 47.8 Å². The van der Waals surface area contributed by atoms with Gasteiger partial charge in [0.05, 0.1) is 11.9 Å². The summed E-state index contributed by atoms with van der Waals surface area (Å²) in [5.74, 6) is 0. The summed E-state index contributed by atoms with van der Waals surface area (Å²) >= 11 is 0. The van der Waals surface area contributed by atoms with E-state index in [2.05, 4.69) is 22.0 Å². The number of fused-ring (bicyclic) bond motifs is 2. The van der Waals surface area contributed by atoms with E-state index in [1.807, 2.05) is 18.6 Å². The number of nitrogens with zero attached hydrogens (tertiary/aromatic N) is 2. The minimum Gasteiger partial charge on any atom is -0.493 e. The minimum absolute atomic E-state index is 0.605. The van der Waals surface area contributed by atoms with Crippen molar-refractivity contribution in [2.24, 2.45) is 4.99 Å². The Kier molecular flexibility index (Phi) is 1.95. The molecule has 0 fully saturated rings. The normalized spacial score (nSPS) is 22.9. The van der Waals surface area contributed by atoms with Crippen molar-refractivity contribution in [3.8, 4) is 0 Å². The van der Waals surface area contributed by atoms with Gasteiger partial charge in [-0.15, -0.1) is 0 Å². The average Bonchev–Trinajstić information content (AvgIpc) is 2.48. The molecule has 0 bridgehead atoms. The number of aliphatic imine (C=N–C) groups is 1. The summed E-state index contributed by atoms with van der Waals surface area (Å²) in [7, 11) is 0. The Balaban J connectivity index is 2.09. The molecular weight excluding hydrogens is 188 g/mol. The fraction of sp³-hybridized carbons (Fsp3) is 0.250. The standard InChI is InChI=1S/C12H12N2O/c1-2-4-12-10(3-1)7-13-8-11-9-15-6-5-14(11)12/h1,3,5-8H,2,4,9H2. The minimum atomic E-state index is 0.605. The van der Waals surface area contributed by atoms with Crippen molar-refractivity contribution in [1.82, 2.24) is 4.90 Å². The van der Waals surface area contributed by atoms with Crippen LogP contribution in [0.25, 0.3) is 0 Å². The first kappa shape index (κ1) is 8.53. The molecule has 2 heterocycles. The van der Waals surface area contributed by atoms with Gasteiger partial charge in [0, 0.05) is 23.7 Å². The molecule has 0 aromatic rings. The van der Waals surface area contributed by atoms with E-state index in [1.54, 1.807) is 6.26 Å². The van der Waals surface area contributed by atoms with Gasteiger partial charge in [-0.1, -0.05) is 12.2 Å². The van der Waals surface area contributed by atoms with E-state index in [1.165, 1.54) is 11.3 Å². The molecule has 0 saturated heterocycles. The monoisotopic (exact) mass is 200 g/mol. The number of allylic oxidation sites excluding steroid dienone is 4. The van der Waals surface area contributed by atoms with Crippen LogP contribution < -0.4 is 0 Å².